The normalized spacial score (nSPS) is 13.5. The largest absolute Gasteiger partial charge is 0.364 e. The first kappa shape index (κ1) is 17.3. The highest BCUT2D eigenvalue weighted by molar-refractivity contribution is 5.92. The predicted octanol–water partition coefficient (Wildman–Crippen LogP) is 4.42. The molecule has 0 saturated heterocycles. The lowest BCUT2D eigenvalue weighted by Gasteiger charge is -2.31. The van der Waals surface area contributed by atoms with Crippen molar-refractivity contribution in [3.05, 3.63) is 59.4 Å². The van der Waals surface area contributed by atoms with Crippen LogP contribution in [0.2, 0.25) is 0 Å². The number of rotatable bonds is 5. The fourth-order valence-electron chi connectivity index (χ4n) is 3.38. The molecule has 0 unspecified atom stereocenters. The summed E-state index contributed by atoms with van der Waals surface area (Å²) in [5.41, 5.74) is 6.77. The van der Waals surface area contributed by atoms with Gasteiger partial charge in [0.25, 0.3) is 0 Å². The number of fused-ring (bicyclic) bond motifs is 1. The SMILES string of the molecule is C=C(C)CCC(=O)Nc1c(C)cc(N2CCn3cccc3C2)cc1C. The van der Waals surface area contributed by atoms with Crippen molar-refractivity contribution in [3.63, 3.8) is 0 Å². The first-order valence-electron chi connectivity index (χ1n) is 8.88. The van der Waals surface area contributed by atoms with E-state index in [1.807, 2.05) is 6.92 Å². The summed E-state index contributed by atoms with van der Waals surface area (Å²) in [6.45, 7) is 12.9. The Morgan fingerprint density at radius 1 is 1.20 bits per heavy atom. The van der Waals surface area contributed by atoms with Gasteiger partial charge in [-0.1, -0.05) is 5.57 Å². The highest BCUT2D eigenvalue weighted by atomic mass is 16.1. The molecule has 0 fully saturated rings. The molecule has 2 aromatic rings. The lowest BCUT2D eigenvalue weighted by Crippen LogP contribution is -2.33. The van der Waals surface area contributed by atoms with E-state index in [4.69, 9.17) is 0 Å². The summed E-state index contributed by atoms with van der Waals surface area (Å²) >= 11 is 0. The number of nitrogens with one attached hydrogen (secondary N) is 1. The third-order valence-electron chi connectivity index (χ3n) is 4.81. The fraction of sp³-hybridized carbons (Fsp3) is 0.381. The summed E-state index contributed by atoms with van der Waals surface area (Å²) in [6, 6.07) is 8.65. The zero-order chi connectivity index (χ0) is 18.0. The fourth-order valence-corrected chi connectivity index (χ4v) is 3.38. The van der Waals surface area contributed by atoms with E-state index in [1.165, 1.54) is 11.4 Å². The van der Waals surface area contributed by atoms with Gasteiger partial charge in [-0.05, 0) is 62.6 Å². The molecule has 1 aromatic carbocycles. The molecule has 0 spiro atoms. The molecule has 4 heteroatoms. The van der Waals surface area contributed by atoms with Gasteiger partial charge in [-0.15, -0.1) is 6.58 Å². The molecule has 2 heterocycles. The first-order valence-corrected chi connectivity index (χ1v) is 8.88. The molecule has 25 heavy (non-hydrogen) atoms. The minimum Gasteiger partial charge on any atom is -0.364 e. The smallest absolute Gasteiger partial charge is 0.224 e. The van der Waals surface area contributed by atoms with E-state index in [0.717, 1.165) is 48.4 Å². The summed E-state index contributed by atoms with van der Waals surface area (Å²) in [5, 5.41) is 3.07. The maximum absolute atomic E-state index is 12.2. The Labute approximate surface area is 150 Å². The Morgan fingerprint density at radius 2 is 1.92 bits per heavy atom. The van der Waals surface area contributed by atoms with E-state index in [0.29, 0.717) is 6.42 Å². The minimum atomic E-state index is 0.0535. The van der Waals surface area contributed by atoms with Crippen LogP contribution >= 0.6 is 0 Å². The Kier molecular flexibility index (Phi) is 4.98. The summed E-state index contributed by atoms with van der Waals surface area (Å²) in [7, 11) is 0. The number of benzene rings is 1. The molecule has 0 bridgehead atoms. The monoisotopic (exact) mass is 337 g/mol. The number of aromatic nitrogens is 1. The quantitative estimate of drug-likeness (QED) is 0.820. The maximum atomic E-state index is 12.2. The molecule has 0 radical (unpaired) electrons. The van der Waals surface area contributed by atoms with Crippen LogP contribution in [0.5, 0.6) is 0 Å². The Bertz CT molecular complexity index is 780. The van der Waals surface area contributed by atoms with Crippen LogP contribution < -0.4 is 10.2 Å². The molecule has 132 valence electrons. The number of carbonyl (C=O) groups excluding carboxylic acids is 1. The van der Waals surface area contributed by atoms with Gasteiger partial charge in [-0.2, -0.15) is 0 Å². The van der Waals surface area contributed by atoms with Crippen LogP contribution in [0.25, 0.3) is 0 Å². The van der Waals surface area contributed by atoms with Gasteiger partial charge in [0.1, 0.15) is 0 Å². The van der Waals surface area contributed by atoms with Crippen molar-refractivity contribution in [3.8, 4) is 0 Å². The number of aryl methyl sites for hydroxylation is 2. The molecule has 0 aliphatic carbocycles. The van der Waals surface area contributed by atoms with Crippen LogP contribution in [0.15, 0.2) is 42.6 Å². The van der Waals surface area contributed by atoms with Crippen molar-refractivity contribution in [1.29, 1.82) is 0 Å². The van der Waals surface area contributed by atoms with Crippen LogP contribution in [-0.4, -0.2) is 17.0 Å². The molecular weight excluding hydrogens is 310 g/mol. The number of nitrogens with zero attached hydrogens (tertiary/aromatic N) is 2. The van der Waals surface area contributed by atoms with Crippen LogP contribution in [0.4, 0.5) is 11.4 Å². The third kappa shape index (κ3) is 3.95. The topological polar surface area (TPSA) is 37.3 Å². The number of hydrogen-bond donors (Lipinski definition) is 1. The number of amides is 1. The van der Waals surface area contributed by atoms with Gasteiger partial charge in [-0.3, -0.25) is 4.79 Å². The molecule has 4 nitrogen and oxygen atoms in total. The van der Waals surface area contributed by atoms with Crippen LogP contribution in [0.3, 0.4) is 0 Å². The van der Waals surface area contributed by atoms with Crippen molar-refractivity contribution < 1.29 is 4.79 Å². The summed E-state index contributed by atoms with van der Waals surface area (Å²) in [6.07, 6.45) is 3.36. The average molecular weight is 337 g/mol. The Hall–Kier alpha value is -2.49. The van der Waals surface area contributed by atoms with Crippen LogP contribution in [0, 0.1) is 13.8 Å². The van der Waals surface area contributed by atoms with Crippen LogP contribution in [0.1, 0.15) is 36.6 Å². The van der Waals surface area contributed by atoms with E-state index in [2.05, 4.69) is 65.7 Å². The highest BCUT2D eigenvalue weighted by Crippen LogP contribution is 2.29. The average Bonchev–Trinajstić information content (AvgIpc) is 3.03. The second kappa shape index (κ2) is 7.18. The van der Waals surface area contributed by atoms with E-state index in [9.17, 15) is 4.79 Å². The highest BCUT2D eigenvalue weighted by Gasteiger charge is 2.17. The number of allylic oxidation sites excluding steroid dienone is 1. The molecule has 3 rings (SSSR count). The van der Waals surface area contributed by atoms with Gasteiger partial charge in [-0.25, -0.2) is 0 Å². The first-order chi connectivity index (χ1) is 11.9. The Balaban J connectivity index is 1.74. The van der Waals surface area contributed by atoms with Crippen molar-refractivity contribution in [1.82, 2.24) is 4.57 Å². The second-order valence-electron chi connectivity index (χ2n) is 7.07. The van der Waals surface area contributed by atoms with Gasteiger partial charge < -0.3 is 14.8 Å². The van der Waals surface area contributed by atoms with Gasteiger partial charge in [0.05, 0.1) is 6.54 Å². The molecule has 0 atom stereocenters. The van der Waals surface area contributed by atoms with E-state index in [1.54, 1.807) is 0 Å². The molecule has 1 aromatic heterocycles. The zero-order valence-electron chi connectivity index (χ0n) is 15.4. The number of hydrogen-bond acceptors (Lipinski definition) is 2. The molecular formula is C21H27N3O. The molecule has 1 N–H and O–H groups in total. The summed E-state index contributed by atoms with van der Waals surface area (Å²) < 4.78 is 2.31. The van der Waals surface area contributed by atoms with Gasteiger partial charge in [0.15, 0.2) is 0 Å². The van der Waals surface area contributed by atoms with Crippen LogP contribution in [-0.2, 0) is 17.9 Å². The minimum absolute atomic E-state index is 0.0535. The molecule has 1 aliphatic rings. The second-order valence-corrected chi connectivity index (χ2v) is 7.07. The van der Waals surface area contributed by atoms with Gasteiger partial charge in [0, 0.05) is 42.8 Å². The van der Waals surface area contributed by atoms with Crippen molar-refractivity contribution in [2.24, 2.45) is 0 Å². The maximum Gasteiger partial charge on any atom is 0.224 e. The molecule has 0 saturated carbocycles. The van der Waals surface area contributed by atoms with Crippen molar-refractivity contribution in [2.45, 2.75) is 46.7 Å². The van der Waals surface area contributed by atoms with E-state index in [-0.39, 0.29) is 5.91 Å². The van der Waals surface area contributed by atoms with Gasteiger partial charge >= 0.3 is 0 Å². The predicted molar refractivity (Wildman–Crippen MR) is 104 cm³/mol. The third-order valence-corrected chi connectivity index (χ3v) is 4.81. The van der Waals surface area contributed by atoms with Gasteiger partial charge in [0.2, 0.25) is 5.91 Å². The summed E-state index contributed by atoms with van der Waals surface area (Å²) in [4.78, 5) is 14.6. The summed E-state index contributed by atoms with van der Waals surface area (Å²) in [5.74, 6) is 0.0535. The number of carbonyl (C=O) groups is 1. The lowest BCUT2D eigenvalue weighted by molar-refractivity contribution is -0.116. The standard InChI is InChI=1S/C21H27N3O/c1-15(2)7-8-20(25)22-21-16(3)12-19(13-17(21)4)24-11-10-23-9-5-6-18(23)14-24/h5-6,9,12-13H,1,7-8,10-11,14H2,2-4H3,(H,22,25). The number of anilines is 2. The van der Waals surface area contributed by atoms with E-state index < -0.39 is 0 Å². The Morgan fingerprint density at radius 3 is 2.60 bits per heavy atom. The molecule has 1 amide bonds. The van der Waals surface area contributed by atoms with Crippen molar-refractivity contribution in [2.75, 3.05) is 16.8 Å². The van der Waals surface area contributed by atoms with E-state index >= 15 is 0 Å². The van der Waals surface area contributed by atoms with Crippen molar-refractivity contribution >= 4 is 17.3 Å². The molecule has 1 aliphatic heterocycles. The zero-order valence-corrected chi connectivity index (χ0v) is 15.4. The lowest BCUT2D eigenvalue weighted by atomic mass is 10.1.